The van der Waals surface area contributed by atoms with E-state index < -0.39 is 10.0 Å². The van der Waals surface area contributed by atoms with Gasteiger partial charge >= 0.3 is 0 Å². The molecular weight excluding hydrogens is 304 g/mol. The number of anilines is 1. The van der Waals surface area contributed by atoms with Crippen molar-refractivity contribution in [2.24, 2.45) is 0 Å². The molecule has 0 atom stereocenters. The van der Waals surface area contributed by atoms with Crippen molar-refractivity contribution in [1.29, 1.82) is 0 Å². The number of halogens is 1. The number of hydrogen-bond acceptors (Lipinski definition) is 5. The van der Waals surface area contributed by atoms with Crippen molar-refractivity contribution in [1.82, 2.24) is 4.98 Å². The van der Waals surface area contributed by atoms with Crippen LogP contribution in [-0.2, 0) is 10.0 Å². The minimum Gasteiger partial charge on any atom is -0.454 e. The summed E-state index contributed by atoms with van der Waals surface area (Å²) in [6.07, 6.45) is 1.45. The zero-order valence-corrected chi connectivity index (χ0v) is 11.6. The van der Waals surface area contributed by atoms with Crippen molar-refractivity contribution in [2.45, 2.75) is 4.90 Å². The molecule has 0 fully saturated rings. The molecule has 1 N–H and O–H groups in total. The standard InChI is InChI=1S/C12H9ClN2O4S/c13-9-2-1-5-14-12(9)15-20(16,17)8-3-4-10-11(6-8)19-7-18-10/h1-6H,7H2,(H,14,15). The lowest BCUT2D eigenvalue weighted by molar-refractivity contribution is 0.174. The van der Waals surface area contributed by atoms with Gasteiger partial charge in [-0.2, -0.15) is 0 Å². The fourth-order valence-electron chi connectivity index (χ4n) is 1.69. The average molecular weight is 313 g/mol. The Balaban J connectivity index is 1.94. The monoisotopic (exact) mass is 312 g/mol. The summed E-state index contributed by atoms with van der Waals surface area (Å²) in [6, 6.07) is 7.51. The van der Waals surface area contributed by atoms with E-state index in [4.69, 9.17) is 21.1 Å². The number of pyridine rings is 1. The fourth-order valence-corrected chi connectivity index (χ4v) is 2.96. The van der Waals surface area contributed by atoms with Crippen LogP contribution in [0.4, 0.5) is 5.82 Å². The third kappa shape index (κ3) is 2.37. The van der Waals surface area contributed by atoms with Crippen LogP contribution in [0.5, 0.6) is 11.5 Å². The van der Waals surface area contributed by atoms with Gasteiger partial charge in [0.15, 0.2) is 17.3 Å². The first-order valence-corrected chi connectivity index (χ1v) is 7.45. The molecule has 3 rings (SSSR count). The predicted octanol–water partition coefficient (Wildman–Crippen LogP) is 2.26. The van der Waals surface area contributed by atoms with Crippen LogP contribution in [0.3, 0.4) is 0 Å². The van der Waals surface area contributed by atoms with Crippen LogP contribution in [0.15, 0.2) is 41.4 Å². The summed E-state index contributed by atoms with van der Waals surface area (Å²) < 4.78 is 37.1. The Labute approximate surface area is 120 Å². The van der Waals surface area contributed by atoms with Crippen molar-refractivity contribution in [3.63, 3.8) is 0 Å². The number of rotatable bonds is 3. The van der Waals surface area contributed by atoms with E-state index in [9.17, 15) is 8.42 Å². The first-order valence-electron chi connectivity index (χ1n) is 5.59. The zero-order chi connectivity index (χ0) is 14.2. The van der Waals surface area contributed by atoms with Gasteiger partial charge in [0.1, 0.15) is 0 Å². The molecular formula is C12H9ClN2O4S. The number of fused-ring (bicyclic) bond motifs is 1. The van der Waals surface area contributed by atoms with E-state index in [1.807, 2.05) is 0 Å². The predicted molar refractivity (Wildman–Crippen MR) is 72.6 cm³/mol. The largest absolute Gasteiger partial charge is 0.454 e. The topological polar surface area (TPSA) is 77.5 Å². The van der Waals surface area contributed by atoms with E-state index >= 15 is 0 Å². The normalized spacial score (nSPS) is 13.2. The van der Waals surface area contributed by atoms with Crippen molar-refractivity contribution in [2.75, 3.05) is 11.5 Å². The highest BCUT2D eigenvalue weighted by atomic mass is 35.5. The molecule has 0 radical (unpaired) electrons. The highest BCUT2D eigenvalue weighted by molar-refractivity contribution is 7.92. The second-order valence-electron chi connectivity index (χ2n) is 3.95. The molecule has 1 aliphatic rings. The van der Waals surface area contributed by atoms with E-state index in [0.717, 1.165) is 0 Å². The van der Waals surface area contributed by atoms with E-state index in [-0.39, 0.29) is 22.5 Å². The summed E-state index contributed by atoms with van der Waals surface area (Å²) in [5.41, 5.74) is 0. The molecule has 1 aromatic heterocycles. The van der Waals surface area contributed by atoms with Gasteiger partial charge in [0.25, 0.3) is 10.0 Å². The van der Waals surface area contributed by atoms with Gasteiger partial charge in [-0.15, -0.1) is 0 Å². The number of benzene rings is 1. The molecule has 0 saturated carbocycles. The van der Waals surface area contributed by atoms with Gasteiger partial charge < -0.3 is 9.47 Å². The number of sulfonamides is 1. The summed E-state index contributed by atoms with van der Waals surface area (Å²) in [4.78, 5) is 3.93. The molecule has 1 aromatic carbocycles. The maximum atomic E-state index is 12.2. The molecule has 8 heteroatoms. The van der Waals surface area contributed by atoms with Gasteiger partial charge in [-0.3, -0.25) is 4.72 Å². The summed E-state index contributed by atoms with van der Waals surface area (Å²) in [7, 11) is -3.79. The zero-order valence-electron chi connectivity index (χ0n) is 10.0. The molecule has 1 aliphatic heterocycles. The third-order valence-corrected chi connectivity index (χ3v) is 4.29. The Morgan fingerprint density at radius 1 is 1.20 bits per heavy atom. The van der Waals surface area contributed by atoms with Gasteiger partial charge in [0.2, 0.25) is 6.79 Å². The van der Waals surface area contributed by atoms with Gasteiger partial charge in [-0.25, -0.2) is 13.4 Å². The van der Waals surface area contributed by atoms with Crippen molar-refractivity contribution in [3.05, 3.63) is 41.6 Å². The van der Waals surface area contributed by atoms with Crippen LogP contribution >= 0.6 is 11.6 Å². The van der Waals surface area contributed by atoms with Gasteiger partial charge in [0, 0.05) is 12.3 Å². The van der Waals surface area contributed by atoms with Crippen molar-refractivity contribution < 1.29 is 17.9 Å². The Bertz CT molecular complexity index is 764. The maximum absolute atomic E-state index is 12.2. The Morgan fingerprint density at radius 2 is 2.00 bits per heavy atom. The van der Waals surface area contributed by atoms with Gasteiger partial charge in [0.05, 0.1) is 9.92 Å². The van der Waals surface area contributed by atoms with Crippen LogP contribution in [0.2, 0.25) is 5.02 Å². The van der Waals surface area contributed by atoms with Crippen LogP contribution in [0, 0.1) is 0 Å². The molecule has 0 saturated heterocycles. The van der Waals surface area contributed by atoms with Crippen LogP contribution in [-0.4, -0.2) is 20.2 Å². The highest BCUT2D eigenvalue weighted by Gasteiger charge is 2.21. The number of aromatic nitrogens is 1. The van der Waals surface area contributed by atoms with E-state index in [2.05, 4.69) is 9.71 Å². The van der Waals surface area contributed by atoms with Crippen LogP contribution in [0.1, 0.15) is 0 Å². The SMILES string of the molecule is O=S(=O)(Nc1ncccc1Cl)c1ccc2c(c1)OCO2. The Morgan fingerprint density at radius 3 is 2.80 bits per heavy atom. The van der Waals surface area contributed by atoms with Gasteiger partial charge in [-0.05, 0) is 24.3 Å². The summed E-state index contributed by atoms with van der Waals surface area (Å²) in [6.45, 7) is 0.0817. The van der Waals surface area contributed by atoms with Crippen molar-refractivity contribution in [3.8, 4) is 11.5 Å². The number of nitrogens with zero attached hydrogens (tertiary/aromatic N) is 1. The summed E-state index contributed by atoms with van der Waals surface area (Å²) >= 11 is 5.88. The Kier molecular flexibility index (Phi) is 3.15. The van der Waals surface area contributed by atoms with Gasteiger partial charge in [-0.1, -0.05) is 11.6 Å². The molecule has 104 valence electrons. The lowest BCUT2D eigenvalue weighted by Gasteiger charge is -2.08. The summed E-state index contributed by atoms with van der Waals surface area (Å²) in [5.74, 6) is 0.978. The highest BCUT2D eigenvalue weighted by Crippen LogP contribution is 2.34. The lowest BCUT2D eigenvalue weighted by atomic mass is 10.3. The molecule has 2 aromatic rings. The Hall–Kier alpha value is -1.99. The molecule has 20 heavy (non-hydrogen) atoms. The maximum Gasteiger partial charge on any atom is 0.263 e. The van der Waals surface area contributed by atoms with E-state index in [0.29, 0.717) is 11.5 Å². The van der Waals surface area contributed by atoms with Crippen LogP contribution in [0.25, 0.3) is 0 Å². The molecule has 0 aliphatic carbocycles. The minimum absolute atomic E-state index is 0.0449. The molecule has 0 amide bonds. The molecule has 0 unspecified atom stereocenters. The lowest BCUT2D eigenvalue weighted by Crippen LogP contribution is -2.14. The number of nitrogens with one attached hydrogen (secondary N) is 1. The van der Waals surface area contributed by atoms with Crippen LogP contribution < -0.4 is 14.2 Å². The first-order chi connectivity index (χ1) is 9.56. The van der Waals surface area contributed by atoms with Crippen molar-refractivity contribution >= 4 is 27.4 Å². The number of hydrogen-bond donors (Lipinski definition) is 1. The molecule has 0 spiro atoms. The minimum atomic E-state index is -3.79. The first kappa shape index (κ1) is 13.0. The second-order valence-corrected chi connectivity index (χ2v) is 6.04. The van der Waals surface area contributed by atoms with E-state index in [1.165, 1.54) is 24.4 Å². The quantitative estimate of drug-likeness (QED) is 0.940. The fraction of sp³-hybridized carbons (Fsp3) is 0.0833. The number of ether oxygens (including phenoxy) is 2. The third-order valence-electron chi connectivity index (χ3n) is 2.64. The molecule has 6 nitrogen and oxygen atoms in total. The second kappa shape index (κ2) is 4.84. The average Bonchev–Trinajstić information content (AvgIpc) is 2.88. The molecule has 0 bridgehead atoms. The summed E-state index contributed by atoms with van der Waals surface area (Å²) in [5, 5.41) is 0.219. The van der Waals surface area contributed by atoms with E-state index in [1.54, 1.807) is 12.1 Å². The molecule has 2 heterocycles. The smallest absolute Gasteiger partial charge is 0.263 e.